The van der Waals surface area contributed by atoms with Gasteiger partial charge in [0.15, 0.2) is 6.29 Å². The third kappa shape index (κ3) is 4.99. The molecule has 2 heterocycles. The second-order valence-electron chi connectivity index (χ2n) is 7.37. The molecule has 2 saturated heterocycles. The number of nitro groups is 1. The first kappa shape index (κ1) is 24.7. The third-order valence-electron chi connectivity index (χ3n) is 5.26. The standard InChI is InChI=1S/C18H25NO13/c20-5-9-11(22)13(24)14(25)17(30-9)32-16-12(23)10(6-21)31-18(15(16)26)29-8-3-1-7(2-4-8)19(27)28/h1-4,9-18,20-26H,5-6H2/t9-,10-,11-,12-,13+,14-,15+,16+,17+,18-/m1/s1. The fraction of sp³-hybridized carbons (Fsp3) is 0.667. The van der Waals surface area contributed by atoms with Crippen molar-refractivity contribution in [2.45, 2.75) is 61.4 Å². The fourth-order valence-corrected chi connectivity index (χ4v) is 3.43. The van der Waals surface area contributed by atoms with Crippen molar-refractivity contribution in [2.75, 3.05) is 13.2 Å². The van der Waals surface area contributed by atoms with E-state index in [1.165, 1.54) is 12.1 Å². The number of nitro benzene ring substituents is 1. The second kappa shape index (κ2) is 10.3. The van der Waals surface area contributed by atoms with Gasteiger partial charge in [0.05, 0.1) is 18.1 Å². The van der Waals surface area contributed by atoms with E-state index in [1.54, 1.807) is 0 Å². The number of non-ortho nitro benzene ring substituents is 1. The van der Waals surface area contributed by atoms with Gasteiger partial charge in [0, 0.05) is 12.1 Å². The lowest BCUT2D eigenvalue weighted by Crippen LogP contribution is -2.65. The summed E-state index contributed by atoms with van der Waals surface area (Å²) in [7, 11) is 0. The molecule has 2 aliphatic heterocycles. The summed E-state index contributed by atoms with van der Waals surface area (Å²) in [6.07, 6.45) is -15.8. The summed E-state index contributed by atoms with van der Waals surface area (Å²) in [5.41, 5.74) is -0.199. The second-order valence-corrected chi connectivity index (χ2v) is 7.37. The highest BCUT2D eigenvalue weighted by atomic mass is 16.7. The van der Waals surface area contributed by atoms with Crippen LogP contribution in [0.25, 0.3) is 0 Å². The molecule has 0 saturated carbocycles. The first-order valence-corrected chi connectivity index (χ1v) is 9.67. The van der Waals surface area contributed by atoms with Crippen molar-refractivity contribution in [2.24, 2.45) is 0 Å². The van der Waals surface area contributed by atoms with E-state index in [9.17, 15) is 45.9 Å². The molecule has 1 aromatic rings. The van der Waals surface area contributed by atoms with Crippen molar-refractivity contribution in [3.8, 4) is 5.75 Å². The molecule has 2 fully saturated rings. The lowest BCUT2D eigenvalue weighted by molar-refractivity contribution is -0.384. The van der Waals surface area contributed by atoms with Crippen LogP contribution < -0.4 is 4.74 Å². The molecule has 0 bridgehead atoms. The summed E-state index contributed by atoms with van der Waals surface area (Å²) in [5.74, 6) is 0.0688. The van der Waals surface area contributed by atoms with Crippen molar-refractivity contribution in [1.29, 1.82) is 0 Å². The zero-order chi connectivity index (χ0) is 23.6. The van der Waals surface area contributed by atoms with Crippen LogP contribution in [0.1, 0.15) is 0 Å². The maximum atomic E-state index is 10.8. The Kier molecular flexibility index (Phi) is 7.94. The average Bonchev–Trinajstić information content (AvgIpc) is 2.78. The summed E-state index contributed by atoms with van der Waals surface area (Å²) >= 11 is 0. The normalized spacial score (nSPS) is 40.1. The highest BCUT2D eigenvalue weighted by Crippen LogP contribution is 2.30. The maximum Gasteiger partial charge on any atom is 0.269 e. The van der Waals surface area contributed by atoms with Gasteiger partial charge in [-0.15, -0.1) is 0 Å². The van der Waals surface area contributed by atoms with Gasteiger partial charge in [0.1, 0.15) is 54.6 Å². The van der Waals surface area contributed by atoms with E-state index in [0.29, 0.717) is 0 Å². The Hall–Kier alpha value is -1.98. The van der Waals surface area contributed by atoms with Gasteiger partial charge in [-0.2, -0.15) is 0 Å². The van der Waals surface area contributed by atoms with E-state index in [4.69, 9.17) is 18.9 Å². The van der Waals surface area contributed by atoms with Crippen LogP contribution in [0.3, 0.4) is 0 Å². The molecule has 7 N–H and O–H groups in total. The van der Waals surface area contributed by atoms with Gasteiger partial charge in [0.2, 0.25) is 6.29 Å². The molecule has 1 aromatic carbocycles. The lowest BCUT2D eigenvalue weighted by Gasteiger charge is -2.45. The van der Waals surface area contributed by atoms with Crippen molar-refractivity contribution in [3.63, 3.8) is 0 Å². The molecule has 10 atom stereocenters. The van der Waals surface area contributed by atoms with Crippen LogP contribution in [-0.2, 0) is 14.2 Å². The Morgan fingerprint density at radius 3 is 1.94 bits per heavy atom. The highest BCUT2D eigenvalue weighted by molar-refractivity contribution is 5.36. The Bertz CT molecular complexity index is 762. The Labute approximate surface area is 180 Å². The van der Waals surface area contributed by atoms with Crippen molar-refractivity contribution in [3.05, 3.63) is 34.4 Å². The SMILES string of the molecule is O=[N+]([O-])c1ccc(O[C@@H]2O[C@H](CO)[C@@H](O)[C@H](O[C@@H]3O[C@H](CO)[C@@H](O)[C@H](O)[C@H]3O)[C@@H]2O)cc1. The summed E-state index contributed by atoms with van der Waals surface area (Å²) in [4.78, 5) is 10.2. The molecule has 3 rings (SSSR count). The zero-order valence-corrected chi connectivity index (χ0v) is 16.5. The van der Waals surface area contributed by atoms with Gasteiger partial charge < -0.3 is 54.7 Å². The maximum absolute atomic E-state index is 10.8. The van der Waals surface area contributed by atoms with E-state index in [2.05, 4.69) is 0 Å². The molecule has 32 heavy (non-hydrogen) atoms. The van der Waals surface area contributed by atoms with Crippen LogP contribution in [0.4, 0.5) is 5.69 Å². The van der Waals surface area contributed by atoms with Crippen molar-refractivity contribution < 1.29 is 59.6 Å². The molecule has 2 aliphatic rings. The smallest absolute Gasteiger partial charge is 0.269 e. The molecule has 180 valence electrons. The van der Waals surface area contributed by atoms with E-state index < -0.39 is 79.5 Å². The third-order valence-corrected chi connectivity index (χ3v) is 5.26. The van der Waals surface area contributed by atoms with Crippen LogP contribution in [-0.4, -0.2) is 115 Å². The van der Waals surface area contributed by atoms with Gasteiger partial charge in [-0.3, -0.25) is 10.1 Å². The minimum Gasteiger partial charge on any atom is -0.462 e. The molecule has 14 heteroatoms. The van der Waals surface area contributed by atoms with Gasteiger partial charge >= 0.3 is 0 Å². The molecule has 0 amide bonds. The van der Waals surface area contributed by atoms with Crippen LogP contribution in [0, 0.1) is 10.1 Å². The van der Waals surface area contributed by atoms with Crippen LogP contribution >= 0.6 is 0 Å². The Balaban J connectivity index is 1.76. The Morgan fingerprint density at radius 1 is 0.812 bits per heavy atom. The first-order valence-electron chi connectivity index (χ1n) is 9.67. The molecular weight excluding hydrogens is 438 g/mol. The number of ether oxygens (including phenoxy) is 4. The number of hydrogen-bond acceptors (Lipinski definition) is 13. The topological polar surface area (TPSA) is 222 Å². The summed E-state index contributed by atoms with van der Waals surface area (Å²) in [5, 5.41) is 80.6. The van der Waals surface area contributed by atoms with Crippen molar-refractivity contribution >= 4 is 5.69 Å². The van der Waals surface area contributed by atoms with Gasteiger partial charge in [-0.05, 0) is 12.1 Å². The number of aliphatic hydroxyl groups excluding tert-OH is 7. The molecular formula is C18H25NO13. The van der Waals surface area contributed by atoms with E-state index >= 15 is 0 Å². The molecule has 0 aromatic heterocycles. The molecule has 0 aliphatic carbocycles. The number of nitrogens with zero attached hydrogens (tertiary/aromatic N) is 1. The molecule has 0 radical (unpaired) electrons. The number of rotatable bonds is 7. The predicted octanol–water partition coefficient (Wildman–Crippen LogP) is -3.40. The predicted molar refractivity (Wildman–Crippen MR) is 100 cm³/mol. The van der Waals surface area contributed by atoms with Crippen LogP contribution in [0.15, 0.2) is 24.3 Å². The van der Waals surface area contributed by atoms with E-state index in [-0.39, 0.29) is 11.4 Å². The number of aliphatic hydroxyl groups is 7. The van der Waals surface area contributed by atoms with Gasteiger partial charge in [-0.25, -0.2) is 0 Å². The minimum absolute atomic E-state index is 0.0688. The minimum atomic E-state index is -1.79. The number of benzene rings is 1. The molecule has 14 nitrogen and oxygen atoms in total. The van der Waals surface area contributed by atoms with Crippen LogP contribution in [0.5, 0.6) is 5.75 Å². The number of hydrogen-bond donors (Lipinski definition) is 7. The molecule has 0 unspecified atom stereocenters. The first-order chi connectivity index (χ1) is 15.2. The summed E-state index contributed by atoms with van der Waals surface area (Å²) in [6.45, 7) is -1.42. The lowest BCUT2D eigenvalue weighted by atomic mass is 9.97. The van der Waals surface area contributed by atoms with E-state index in [0.717, 1.165) is 12.1 Å². The fourth-order valence-electron chi connectivity index (χ4n) is 3.43. The molecule has 0 spiro atoms. The van der Waals surface area contributed by atoms with Crippen LogP contribution in [0.2, 0.25) is 0 Å². The van der Waals surface area contributed by atoms with Gasteiger partial charge in [0.25, 0.3) is 5.69 Å². The highest BCUT2D eigenvalue weighted by Gasteiger charge is 2.51. The summed E-state index contributed by atoms with van der Waals surface area (Å²) < 4.78 is 21.5. The Morgan fingerprint density at radius 2 is 1.38 bits per heavy atom. The largest absolute Gasteiger partial charge is 0.462 e. The quantitative estimate of drug-likeness (QED) is 0.155. The van der Waals surface area contributed by atoms with Gasteiger partial charge in [-0.1, -0.05) is 0 Å². The van der Waals surface area contributed by atoms with E-state index in [1.807, 2.05) is 0 Å². The average molecular weight is 463 g/mol. The van der Waals surface area contributed by atoms with Crippen molar-refractivity contribution in [1.82, 2.24) is 0 Å². The monoisotopic (exact) mass is 463 g/mol. The zero-order valence-electron chi connectivity index (χ0n) is 16.5. The summed E-state index contributed by atoms with van der Waals surface area (Å²) in [6, 6.07) is 4.82.